The average molecular weight is 336 g/mol. The van der Waals surface area contributed by atoms with E-state index in [1.54, 1.807) is 0 Å². The Morgan fingerprint density at radius 2 is 2.14 bits per heavy atom. The number of carbonyl (C=O) groups is 3. The first-order valence-corrected chi connectivity index (χ1v) is 9.33. The summed E-state index contributed by atoms with van der Waals surface area (Å²) in [5, 5.41) is 8.91. The molecule has 0 spiro atoms. The second-order valence-electron chi connectivity index (χ2n) is 5.04. The summed E-state index contributed by atoms with van der Waals surface area (Å²) in [6.07, 6.45) is 0.240. The first kappa shape index (κ1) is 16.1. The molecule has 21 heavy (non-hydrogen) atoms. The molecule has 2 aliphatic rings. The third-order valence-corrected chi connectivity index (χ3v) is 6.12. The van der Waals surface area contributed by atoms with E-state index in [-0.39, 0.29) is 30.4 Å². The lowest BCUT2D eigenvalue weighted by Crippen LogP contribution is -2.48. The van der Waals surface area contributed by atoms with Gasteiger partial charge in [-0.15, -0.1) is 11.8 Å². The van der Waals surface area contributed by atoms with Crippen LogP contribution in [0.4, 0.5) is 0 Å². The average Bonchev–Trinajstić information content (AvgIpc) is 2.92. The van der Waals surface area contributed by atoms with Crippen LogP contribution in [0.25, 0.3) is 0 Å². The lowest BCUT2D eigenvalue weighted by Gasteiger charge is -2.28. The highest BCUT2D eigenvalue weighted by Crippen LogP contribution is 2.20. The van der Waals surface area contributed by atoms with Crippen LogP contribution in [0.2, 0.25) is 0 Å². The largest absolute Gasteiger partial charge is 0.480 e. The zero-order valence-electron chi connectivity index (χ0n) is 11.2. The minimum absolute atomic E-state index is 0.0421. The Balaban J connectivity index is 2.06. The van der Waals surface area contributed by atoms with Crippen molar-refractivity contribution in [2.24, 2.45) is 0 Å². The molecule has 2 heterocycles. The number of carbonyl (C=O) groups excluding carboxylic acids is 2. The molecule has 1 unspecified atom stereocenters. The lowest BCUT2D eigenvalue weighted by atomic mass is 10.2. The third kappa shape index (κ3) is 4.10. The van der Waals surface area contributed by atoms with Crippen molar-refractivity contribution in [3.8, 4) is 0 Å². The molecule has 2 aliphatic heterocycles. The second kappa shape index (κ2) is 6.22. The molecule has 0 radical (unpaired) electrons. The van der Waals surface area contributed by atoms with Crippen molar-refractivity contribution in [1.29, 1.82) is 0 Å². The zero-order chi connectivity index (χ0) is 15.6. The maximum absolute atomic E-state index is 12.2. The number of hydrogen-bond donors (Lipinski definition) is 1. The van der Waals surface area contributed by atoms with Crippen LogP contribution >= 0.6 is 11.8 Å². The fourth-order valence-corrected chi connectivity index (χ4v) is 5.02. The SMILES string of the molecule is O=C(O)CN(C(=O)CN1CSCC1=O)C1CCS(=O)(=O)C1. The van der Waals surface area contributed by atoms with Crippen LogP contribution in [-0.2, 0) is 24.2 Å². The van der Waals surface area contributed by atoms with Gasteiger partial charge < -0.3 is 14.9 Å². The van der Waals surface area contributed by atoms with Crippen LogP contribution in [0.5, 0.6) is 0 Å². The predicted molar refractivity (Wildman–Crippen MR) is 75.4 cm³/mol. The second-order valence-corrected chi connectivity index (χ2v) is 8.23. The molecule has 1 atom stereocenters. The van der Waals surface area contributed by atoms with Gasteiger partial charge in [0.25, 0.3) is 0 Å². The summed E-state index contributed by atoms with van der Waals surface area (Å²) in [4.78, 5) is 37.1. The van der Waals surface area contributed by atoms with E-state index >= 15 is 0 Å². The monoisotopic (exact) mass is 336 g/mol. The minimum atomic E-state index is -3.22. The molecular formula is C11H16N2O6S2. The summed E-state index contributed by atoms with van der Waals surface area (Å²) in [5.74, 6) is -1.43. The minimum Gasteiger partial charge on any atom is -0.480 e. The molecule has 2 amide bonds. The highest BCUT2D eigenvalue weighted by Gasteiger charge is 2.36. The van der Waals surface area contributed by atoms with Crippen molar-refractivity contribution >= 4 is 39.4 Å². The van der Waals surface area contributed by atoms with Gasteiger partial charge in [0.15, 0.2) is 9.84 Å². The summed E-state index contributed by atoms with van der Waals surface area (Å²) in [6, 6.07) is -0.621. The molecule has 118 valence electrons. The molecule has 10 heteroatoms. The molecule has 0 aromatic heterocycles. The van der Waals surface area contributed by atoms with Gasteiger partial charge in [0.2, 0.25) is 11.8 Å². The van der Waals surface area contributed by atoms with Gasteiger partial charge in [-0.05, 0) is 6.42 Å². The highest BCUT2D eigenvalue weighted by molar-refractivity contribution is 8.00. The fraction of sp³-hybridized carbons (Fsp3) is 0.727. The lowest BCUT2D eigenvalue weighted by molar-refractivity contribution is -0.147. The van der Waals surface area contributed by atoms with E-state index < -0.39 is 34.3 Å². The normalized spacial score (nSPS) is 24.3. The smallest absolute Gasteiger partial charge is 0.323 e. The Morgan fingerprint density at radius 1 is 1.43 bits per heavy atom. The summed E-state index contributed by atoms with van der Waals surface area (Å²) in [6.45, 7) is -0.746. The van der Waals surface area contributed by atoms with Gasteiger partial charge in [-0.3, -0.25) is 14.4 Å². The highest BCUT2D eigenvalue weighted by atomic mass is 32.2. The third-order valence-electron chi connectivity index (χ3n) is 3.43. The summed E-state index contributed by atoms with van der Waals surface area (Å²) in [7, 11) is -3.22. The Bertz CT molecular complexity index is 561. The van der Waals surface area contributed by atoms with Gasteiger partial charge in [-0.25, -0.2) is 8.42 Å². The van der Waals surface area contributed by atoms with Gasteiger partial charge in [-0.2, -0.15) is 0 Å². The Labute approximate surface area is 126 Å². The predicted octanol–water partition coefficient (Wildman–Crippen LogP) is -1.38. The Morgan fingerprint density at radius 3 is 2.62 bits per heavy atom. The van der Waals surface area contributed by atoms with E-state index in [2.05, 4.69) is 0 Å². The van der Waals surface area contributed by atoms with Gasteiger partial charge in [0.05, 0.1) is 23.1 Å². The number of carboxylic acid groups (broad SMARTS) is 1. The molecule has 2 fully saturated rings. The summed E-state index contributed by atoms with van der Waals surface area (Å²) in [5.41, 5.74) is 0. The van der Waals surface area contributed by atoms with Crippen molar-refractivity contribution in [3.63, 3.8) is 0 Å². The quantitative estimate of drug-likeness (QED) is 0.658. The van der Waals surface area contributed by atoms with Crippen LogP contribution in [0.1, 0.15) is 6.42 Å². The maximum Gasteiger partial charge on any atom is 0.323 e. The Kier molecular flexibility index (Phi) is 4.77. The number of aliphatic carboxylic acids is 1. The van der Waals surface area contributed by atoms with Gasteiger partial charge in [0.1, 0.15) is 13.1 Å². The molecule has 0 saturated carbocycles. The van der Waals surface area contributed by atoms with Crippen molar-refractivity contribution in [2.75, 3.05) is 36.2 Å². The van der Waals surface area contributed by atoms with E-state index in [1.165, 1.54) is 16.7 Å². The molecule has 0 aliphatic carbocycles. The standard InChI is InChI=1S/C11H16N2O6S2/c14-9(3-12-7-20-5-10(12)15)13(4-11(16)17)8-1-2-21(18,19)6-8/h8H,1-7H2,(H,16,17). The van der Waals surface area contributed by atoms with Crippen LogP contribution in [-0.4, -0.2) is 83.4 Å². The Hall–Kier alpha value is -1.29. The number of hydrogen-bond acceptors (Lipinski definition) is 6. The van der Waals surface area contributed by atoms with E-state index in [9.17, 15) is 22.8 Å². The van der Waals surface area contributed by atoms with Gasteiger partial charge >= 0.3 is 5.97 Å². The van der Waals surface area contributed by atoms with E-state index in [0.717, 1.165) is 4.90 Å². The van der Waals surface area contributed by atoms with Gasteiger partial charge in [-0.1, -0.05) is 0 Å². The van der Waals surface area contributed by atoms with Crippen molar-refractivity contribution in [2.45, 2.75) is 12.5 Å². The molecule has 0 bridgehead atoms. The molecule has 2 rings (SSSR count). The summed E-state index contributed by atoms with van der Waals surface area (Å²) >= 11 is 1.38. The maximum atomic E-state index is 12.2. The van der Waals surface area contributed by atoms with Crippen LogP contribution in [0.3, 0.4) is 0 Å². The van der Waals surface area contributed by atoms with Crippen LogP contribution in [0.15, 0.2) is 0 Å². The number of thioether (sulfide) groups is 1. The number of carboxylic acids is 1. The van der Waals surface area contributed by atoms with Crippen LogP contribution < -0.4 is 0 Å². The number of amides is 2. The molecular weight excluding hydrogens is 320 g/mol. The van der Waals surface area contributed by atoms with Crippen molar-refractivity contribution < 1.29 is 27.9 Å². The molecule has 2 saturated heterocycles. The van der Waals surface area contributed by atoms with Crippen molar-refractivity contribution in [1.82, 2.24) is 9.80 Å². The first-order chi connectivity index (χ1) is 9.78. The first-order valence-electron chi connectivity index (χ1n) is 6.36. The topological polar surface area (TPSA) is 112 Å². The molecule has 1 N–H and O–H groups in total. The molecule has 8 nitrogen and oxygen atoms in total. The fourth-order valence-electron chi connectivity index (χ4n) is 2.38. The number of sulfone groups is 1. The van der Waals surface area contributed by atoms with E-state index in [1.807, 2.05) is 0 Å². The molecule has 0 aromatic carbocycles. The van der Waals surface area contributed by atoms with Crippen molar-refractivity contribution in [3.05, 3.63) is 0 Å². The van der Waals surface area contributed by atoms with Crippen LogP contribution in [0, 0.1) is 0 Å². The number of rotatable bonds is 5. The molecule has 0 aromatic rings. The van der Waals surface area contributed by atoms with Gasteiger partial charge in [0, 0.05) is 6.04 Å². The van der Waals surface area contributed by atoms with E-state index in [0.29, 0.717) is 11.6 Å². The van der Waals surface area contributed by atoms with E-state index in [4.69, 9.17) is 5.11 Å². The zero-order valence-corrected chi connectivity index (χ0v) is 12.9. The summed E-state index contributed by atoms with van der Waals surface area (Å²) < 4.78 is 23.0. The number of nitrogens with zero attached hydrogens (tertiary/aromatic N) is 2.